The van der Waals surface area contributed by atoms with Gasteiger partial charge in [0.2, 0.25) is 0 Å². The van der Waals surface area contributed by atoms with Gasteiger partial charge >= 0.3 is 6.09 Å². The van der Waals surface area contributed by atoms with Gasteiger partial charge in [0.05, 0.1) is 19.4 Å². The van der Waals surface area contributed by atoms with Crippen LogP contribution in [0.25, 0.3) is 6.08 Å². The van der Waals surface area contributed by atoms with Crippen molar-refractivity contribution in [1.82, 2.24) is 0 Å². The average molecular weight is 279 g/mol. The fourth-order valence-corrected chi connectivity index (χ4v) is 1.52. The maximum atomic E-state index is 11.7. The second kappa shape index (κ2) is 6.96. The number of methoxy groups -OCH3 is 1. The first kappa shape index (κ1) is 16.0. The maximum Gasteiger partial charge on any atom is 0.412 e. The zero-order valence-electron chi connectivity index (χ0n) is 12.3. The minimum Gasteiger partial charge on any atom is -0.495 e. The Morgan fingerprint density at radius 3 is 2.65 bits per heavy atom. The summed E-state index contributed by atoms with van der Waals surface area (Å²) in [5.74, 6) is 0.524. The molecule has 0 fully saturated rings. The summed E-state index contributed by atoms with van der Waals surface area (Å²) >= 11 is 0. The molecule has 0 atom stereocenters. The van der Waals surface area contributed by atoms with Crippen molar-refractivity contribution in [2.45, 2.75) is 26.4 Å². The van der Waals surface area contributed by atoms with Gasteiger partial charge in [-0.1, -0.05) is 18.2 Å². The molecule has 0 bridgehead atoms. The van der Waals surface area contributed by atoms with Crippen molar-refractivity contribution < 1.29 is 19.4 Å². The summed E-state index contributed by atoms with van der Waals surface area (Å²) in [5, 5.41) is 11.4. The van der Waals surface area contributed by atoms with E-state index in [1.54, 1.807) is 51.1 Å². The van der Waals surface area contributed by atoms with E-state index in [-0.39, 0.29) is 6.61 Å². The number of rotatable bonds is 4. The molecule has 0 radical (unpaired) electrons. The third-order valence-electron chi connectivity index (χ3n) is 2.28. The van der Waals surface area contributed by atoms with Gasteiger partial charge in [0.1, 0.15) is 11.4 Å². The molecule has 1 rings (SSSR count). The molecule has 2 N–H and O–H groups in total. The van der Waals surface area contributed by atoms with Crippen molar-refractivity contribution in [2.24, 2.45) is 0 Å². The van der Waals surface area contributed by atoms with Crippen LogP contribution in [-0.2, 0) is 4.74 Å². The number of aliphatic hydroxyl groups is 1. The van der Waals surface area contributed by atoms with E-state index in [0.29, 0.717) is 11.4 Å². The molecular weight excluding hydrogens is 258 g/mol. The number of anilines is 1. The van der Waals surface area contributed by atoms with Gasteiger partial charge in [0, 0.05) is 0 Å². The predicted molar refractivity (Wildman–Crippen MR) is 79.0 cm³/mol. The average Bonchev–Trinajstić information content (AvgIpc) is 2.35. The zero-order chi connectivity index (χ0) is 15.2. The van der Waals surface area contributed by atoms with Crippen LogP contribution in [0.1, 0.15) is 26.3 Å². The van der Waals surface area contributed by atoms with Gasteiger partial charge in [0.25, 0.3) is 0 Å². The number of hydrogen-bond acceptors (Lipinski definition) is 4. The Bertz CT molecular complexity index is 489. The number of ether oxygens (including phenoxy) is 2. The molecule has 0 aliphatic rings. The number of carbonyl (C=O) groups excluding carboxylic acids is 1. The Balaban J connectivity index is 2.85. The van der Waals surface area contributed by atoms with Gasteiger partial charge in [-0.15, -0.1) is 0 Å². The highest BCUT2D eigenvalue weighted by atomic mass is 16.6. The highest BCUT2D eigenvalue weighted by Gasteiger charge is 2.17. The first-order valence-electron chi connectivity index (χ1n) is 6.31. The lowest BCUT2D eigenvalue weighted by atomic mass is 10.1. The van der Waals surface area contributed by atoms with Crippen LogP contribution in [0.5, 0.6) is 5.75 Å². The van der Waals surface area contributed by atoms with Gasteiger partial charge in [-0.05, 0) is 38.5 Å². The molecule has 0 spiro atoms. The molecular formula is C15H21NO4. The summed E-state index contributed by atoms with van der Waals surface area (Å²) in [5.41, 5.74) is 0.842. The van der Waals surface area contributed by atoms with Crippen molar-refractivity contribution in [3.8, 4) is 5.75 Å². The summed E-state index contributed by atoms with van der Waals surface area (Å²) in [7, 11) is 1.52. The van der Waals surface area contributed by atoms with Crippen LogP contribution in [0.15, 0.2) is 24.3 Å². The van der Waals surface area contributed by atoms with Gasteiger partial charge < -0.3 is 14.6 Å². The Morgan fingerprint density at radius 1 is 1.40 bits per heavy atom. The third kappa shape index (κ3) is 5.32. The highest BCUT2D eigenvalue weighted by molar-refractivity contribution is 5.87. The molecule has 0 unspecified atom stereocenters. The maximum absolute atomic E-state index is 11.7. The molecule has 1 aromatic rings. The van der Waals surface area contributed by atoms with Crippen LogP contribution >= 0.6 is 0 Å². The molecule has 1 aromatic carbocycles. The van der Waals surface area contributed by atoms with Crippen LogP contribution < -0.4 is 10.1 Å². The number of hydrogen-bond donors (Lipinski definition) is 2. The lowest BCUT2D eigenvalue weighted by Gasteiger charge is -2.20. The zero-order valence-corrected chi connectivity index (χ0v) is 12.3. The third-order valence-corrected chi connectivity index (χ3v) is 2.28. The van der Waals surface area contributed by atoms with E-state index >= 15 is 0 Å². The molecule has 0 saturated heterocycles. The van der Waals surface area contributed by atoms with Gasteiger partial charge in [-0.2, -0.15) is 0 Å². The van der Waals surface area contributed by atoms with Gasteiger partial charge in [0.15, 0.2) is 0 Å². The fourth-order valence-electron chi connectivity index (χ4n) is 1.52. The molecule has 0 aromatic heterocycles. The summed E-state index contributed by atoms with van der Waals surface area (Å²) in [6.45, 7) is 5.37. The van der Waals surface area contributed by atoms with E-state index in [4.69, 9.17) is 14.6 Å². The topological polar surface area (TPSA) is 67.8 Å². The van der Waals surface area contributed by atoms with Crippen LogP contribution in [0.3, 0.4) is 0 Å². The largest absolute Gasteiger partial charge is 0.495 e. The van der Waals surface area contributed by atoms with Crippen LogP contribution in [0, 0.1) is 0 Å². The van der Waals surface area contributed by atoms with Gasteiger partial charge in [-0.3, -0.25) is 5.32 Å². The molecule has 110 valence electrons. The van der Waals surface area contributed by atoms with E-state index in [9.17, 15) is 4.79 Å². The standard InChI is InChI=1S/C15H21NO4/c1-15(2,3)20-14(18)16-12-8-7-11(6-5-9-17)10-13(12)19-4/h5-8,10,17H,9H2,1-4H3,(H,16,18)/b6-5+. The summed E-state index contributed by atoms with van der Waals surface area (Å²) in [4.78, 5) is 11.7. The smallest absolute Gasteiger partial charge is 0.412 e. The predicted octanol–water partition coefficient (Wildman–Crippen LogP) is 3.05. The Hall–Kier alpha value is -2.01. The van der Waals surface area contributed by atoms with Crippen molar-refractivity contribution in [2.75, 3.05) is 19.0 Å². The second-order valence-corrected chi connectivity index (χ2v) is 5.17. The Labute approximate surface area is 119 Å². The van der Waals surface area contributed by atoms with E-state index < -0.39 is 11.7 Å². The summed E-state index contributed by atoms with van der Waals surface area (Å²) < 4.78 is 10.4. The van der Waals surface area contributed by atoms with Crippen molar-refractivity contribution in [1.29, 1.82) is 0 Å². The SMILES string of the molecule is COc1cc(/C=C/CO)ccc1NC(=O)OC(C)(C)C. The first-order valence-corrected chi connectivity index (χ1v) is 6.31. The molecule has 20 heavy (non-hydrogen) atoms. The Morgan fingerprint density at radius 2 is 2.10 bits per heavy atom. The summed E-state index contributed by atoms with van der Waals surface area (Å²) in [6.07, 6.45) is 2.85. The minimum absolute atomic E-state index is 0.0276. The molecule has 1 amide bonds. The molecule has 5 heteroatoms. The van der Waals surface area contributed by atoms with Crippen molar-refractivity contribution in [3.63, 3.8) is 0 Å². The second-order valence-electron chi connectivity index (χ2n) is 5.17. The van der Waals surface area contributed by atoms with Crippen LogP contribution in [0.2, 0.25) is 0 Å². The number of carbonyl (C=O) groups is 1. The number of aliphatic hydroxyl groups excluding tert-OH is 1. The number of benzene rings is 1. The molecule has 0 heterocycles. The lowest BCUT2D eigenvalue weighted by Crippen LogP contribution is -2.27. The molecule has 0 aliphatic heterocycles. The molecule has 0 saturated carbocycles. The van der Waals surface area contributed by atoms with E-state index in [2.05, 4.69) is 5.32 Å². The van der Waals surface area contributed by atoms with Crippen molar-refractivity contribution >= 4 is 17.9 Å². The van der Waals surface area contributed by atoms with Crippen molar-refractivity contribution in [3.05, 3.63) is 29.8 Å². The van der Waals surface area contributed by atoms with Crippen LogP contribution in [-0.4, -0.2) is 30.5 Å². The molecule has 5 nitrogen and oxygen atoms in total. The number of nitrogens with one attached hydrogen (secondary N) is 1. The Kier molecular flexibility index (Phi) is 5.58. The lowest BCUT2D eigenvalue weighted by molar-refractivity contribution is 0.0635. The first-order chi connectivity index (χ1) is 9.35. The van der Waals surface area contributed by atoms with Crippen LogP contribution in [0.4, 0.5) is 10.5 Å². The fraction of sp³-hybridized carbons (Fsp3) is 0.400. The van der Waals surface area contributed by atoms with E-state index in [0.717, 1.165) is 5.56 Å². The minimum atomic E-state index is -0.554. The monoisotopic (exact) mass is 279 g/mol. The number of amides is 1. The quantitative estimate of drug-likeness (QED) is 0.889. The molecule has 0 aliphatic carbocycles. The normalized spacial score (nSPS) is 11.4. The van der Waals surface area contributed by atoms with Gasteiger partial charge in [-0.25, -0.2) is 4.79 Å². The van der Waals surface area contributed by atoms with E-state index in [1.807, 2.05) is 0 Å². The van der Waals surface area contributed by atoms with E-state index in [1.165, 1.54) is 7.11 Å². The highest BCUT2D eigenvalue weighted by Crippen LogP contribution is 2.26. The summed E-state index contributed by atoms with van der Waals surface area (Å²) in [6, 6.07) is 5.29.